The van der Waals surface area contributed by atoms with E-state index in [1.807, 2.05) is 0 Å². The Kier molecular flexibility index (Phi) is 9.79. The molecular weight excluding hydrogens is 295 g/mol. The number of aliphatic imine (C=N–C) groups is 2. The van der Waals surface area contributed by atoms with Gasteiger partial charge >= 0.3 is 33.3 Å². The topological polar surface area (TPSA) is 125 Å². The summed E-state index contributed by atoms with van der Waals surface area (Å²) in [5.74, 6) is 0.935. The number of halogens is 2. The predicted molar refractivity (Wildman–Crippen MR) is 57.2 cm³/mol. The number of hydrazine groups is 2. The fraction of sp³-hybridized carbons (Fsp3) is 0.500. The molecule has 0 amide bonds. The molecule has 2 heterocycles. The van der Waals surface area contributed by atoms with Gasteiger partial charge in [0.2, 0.25) is 11.9 Å². The van der Waals surface area contributed by atoms with E-state index < -0.39 is 0 Å². The SMILES string of the molecule is NC1=NCNN1.NC1=NCNN1.[Cl][Cu][Cl]. The van der Waals surface area contributed by atoms with Crippen molar-refractivity contribution in [1.29, 1.82) is 0 Å². The first-order valence-corrected chi connectivity index (χ1v) is 6.18. The fourth-order valence-corrected chi connectivity index (χ4v) is 0.589. The van der Waals surface area contributed by atoms with Crippen molar-refractivity contribution in [2.45, 2.75) is 0 Å². The van der Waals surface area contributed by atoms with Gasteiger partial charge in [-0.15, -0.1) is 0 Å². The molecule has 0 saturated heterocycles. The Hall–Kier alpha value is -0.441. The van der Waals surface area contributed by atoms with Crippen LogP contribution in [0.5, 0.6) is 0 Å². The second-order valence-electron chi connectivity index (χ2n) is 2.05. The van der Waals surface area contributed by atoms with Crippen LogP contribution in [0.25, 0.3) is 0 Å². The molecule has 0 spiro atoms. The van der Waals surface area contributed by atoms with E-state index in [0.29, 0.717) is 25.3 Å². The van der Waals surface area contributed by atoms with Gasteiger partial charge in [-0.3, -0.25) is 10.9 Å². The zero-order chi connectivity index (χ0) is 11.5. The molecule has 0 unspecified atom stereocenters. The van der Waals surface area contributed by atoms with E-state index in [1.54, 1.807) is 0 Å². The molecule has 2 rings (SSSR count). The molecule has 11 heteroatoms. The van der Waals surface area contributed by atoms with E-state index in [2.05, 4.69) is 51.9 Å². The van der Waals surface area contributed by atoms with Crippen molar-refractivity contribution in [1.82, 2.24) is 21.7 Å². The maximum atomic E-state index is 5.11. The first kappa shape index (κ1) is 14.6. The zero-order valence-electron chi connectivity index (χ0n) is 7.52. The van der Waals surface area contributed by atoms with Crippen molar-refractivity contribution < 1.29 is 13.1 Å². The van der Waals surface area contributed by atoms with E-state index in [0.717, 1.165) is 13.1 Å². The molecule has 8 nitrogen and oxygen atoms in total. The third-order valence-corrected chi connectivity index (χ3v) is 1.09. The van der Waals surface area contributed by atoms with Crippen LogP contribution >= 0.6 is 20.2 Å². The molecular formula is C4H12Cl2CuN8. The zero-order valence-corrected chi connectivity index (χ0v) is 9.97. The van der Waals surface area contributed by atoms with Crippen LogP contribution in [0, 0.1) is 0 Å². The standard InChI is InChI=1S/2C2H6N4.2ClH.Cu/c2*3-2-4-1-5-6-2;;;/h2*5H,1H2,(H3,3,4,6);2*1H;/q;;;;+2/p-2. The van der Waals surface area contributed by atoms with Crippen LogP contribution in [0.3, 0.4) is 0 Å². The van der Waals surface area contributed by atoms with Crippen molar-refractivity contribution in [3.8, 4) is 0 Å². The van der Waals surface area contributed by atoms with Gasteiger partial charge in [0, 0.05) is 0 Å². The second kappa shape index (κ2) is 10.1. The van der Waals surface area contributed by atoms with Gasteiger partial charge in [0.1, 0.15) is 13.3 Å². The quantitative estimate of drug-likeness (QED) is 0.291. The van der Waals surface area contributed by atoms with Crippen LogP contribution in [0.1, 0.15) is 0 Å². The normalized spacial score (nSPS) is 17.2. The molecule has 15 heavy (non-hydrogen) atoms. The first-order valence-electron chi connectivity index (χ1n) is 3.59. The number of hydrogen-bond donors (Lipinski definition) is 6. The van der Waals surface area contributed by atoms with Crippen molar-refractivity contribution in [2.24, 2.45) is 21.5 Å². The van der Waals surface area contributed by atoms with Crippen LogP contribution in [-0.4, -0.2) is 25.3 Å². The molecule has 8 N–H and O–H groups in total. The summed E-state index contributed by atoms with van der Waals surface area (Å²) in [6, 6.07) is 0. The van der Waals surface area contributed by atoms with Gasteiger partial charge in [-0.25, -0.2) is 20.8 Å². The summed E-state index contributed by atoms with van der Waals surface area (Å²) in [7, 11) is 9.34. The van der Waals surface area contributed by atoms with Crippen molar-refractivity contribution >= 4 is 32.1 Å². The van der Waals surface area contributed by atoms with E-state index in [9.17, 15) is 0 Å². The predicted octanol–water partition coefficient (Wildman–Crippen LogP) is -1.89. The molecule has 0 saturated carbocycles. The average molecular weight is 307 g/mol. The van der Waals surface area contributed by atoms with Gasteiger partial charge in [0.05, 0.1) is 0 Å². The average Bonchev–Trinajstić information content (AvgIpc) is 2.81. The monoisotopic (exact) mass is 305 g/mol. The Morgan fingerprint density at radius 2 is 1.33 bits per heavy atom. The minimum absolute atomic E-state index is 0.468. The van der Waals surface area contributed by atoms with Gasteiger partial charge < -0.3 is 11.5 Å². The van der Waals surface area contributed by atoms with Crippen molar-refractivity contribution in [3.63, 3.8) is 0 Å². The molecule has 0 aliphatic carbocycles. The first-order chi connectivity index (χ1) is 7.20. The fourth-order valence-electron chi connectivity index (χ4n) is 0.589. The van der Waals surface area contributed by atoms with E-state index in [-0.39, 0.29) is 0 Å². The summed E-state index contributed by atoms with van der Waals surface area (Å²) in [6.07, 6.45) is 0. The molecule has 0 fully saturated rings. The molecule has 0 aromatic heterocycles. The minimum atomic E-state index is 0.468. The van der Waals surface area contributed by atoms with Crippen LogP contribution < -0.4 is 33.2 Å². The number of hydrogen-bond acceptors (Lipinski definition) is 8. The van der Waals surface area contributed by atoms with Crippen molar-refractivity contribution in [3.05, 3.63) is 0 Å². The number of nitrogens with one attached hydrogen (secondary N) is 4. The molecule has 0 bridgehead atoms. The number of nitrogens with zero attached hydrogens (tertiary/aromatic N) is 2. The summed E-state index contributed by atoms with van der Waals surface area (Å²) in [5, 5.41) is 0. The Balaban J connectivity index is 0.000000210. The molecule has 0 atom stereocenters. The molecule has 0 radical (unpaired) electrons. The Morgan fingerprint density at radius 1 is 1.00 bits per heavy atom. The maximum absolute atomic E-state index is 5.11. The van der Waals surface area contributed by atoms with Gasteiger partial charge in [-0.05, 0) is 0 Å². The molecule has 2 aliphatic heterocycles. The second-order valence-corrected chi connectivity index (χ2v) is 3.60. The van der Waals surface area contributed by atoms with Crippen LogP contribution in [-0.2, 0) is 13.1 Å². The molecule has 0 aromatic carbocycles. The van der Waals surface area contributed by atoms with Crippen LogP contribution in [0.4, 0.5) is 0 Å². The van der Waals surface area contributed by atoms with E-state index >= 15 is 0 Å². The van der Waals surface area contributed by atoms with Gasteiger partial charge in [0.25, 0.3) is 0 Å². The Labute approximate surface area is 102 Å². The van der Waals surface area contributed by atoms with Gasteiger partial charge in [-0.2, -0.15) is 0 Å². The summed E-state index contributed by atoms with van der Waals surface area (Å²) >= 11 is 0.757. The summed E-state index contributed by atoms with van der Waals surface area (Å²) in [6.45, 7) is 1.18. The molecule has 93 valence electrons. The third-order valence-electron chi connectivity index (χ3n) is 1.09. The third kappa shape index (κ3) is 9.85. The summed E-state index contributed by atoms with van der Waals surface area (Å²) in [5.41, 5.74) is 20.8. The van der Waals surface area contributed by atoms with Crippen LogP contribution in [0.2, 0.25) is 0 Å². The van der Waals surface area contributed by atoms with E-state index in [4.69, 9.17) is 11.5 Å². The number of nitrogens with two attached hydrogens (primary N) is 2. The Bertz CT molecular complexity index is 199. The molecule has 2 aliphatic rings. The van der Waals surface area contributed by atoms with Crippen molar-refractivity contribution in [2.75, 3.05) is 13.3 Å². The summed E-state index contributed by atoms with van der Waals surface area (Å²) in [4.78, 5) is 7.42. The molecule has 0 aromatic rings. The summed E-state index contributed by atoms with van der Waals surface area (Å²) < 4.78 is 0. The number of guanidine groups is 2. The van der Waals surface area contributed by atoms with Gasteiger partial charge in [-0.1, -0.05) is 0 Å². The number of rotatable bonds is 0. The Morgan fingerprint density at radius 3 is 1.40 bits per heavy atom. The van der Waals surface area contributed by atoms with Crippen LogP contribution in [0.15, 0.2) is 9.98 Å². The van der Waals surface area contributed by atoms with E-state index in [1.165, 1.54) is 0 Å². The van der Waals surface area contributed by atoms with Gasteiger partial charge in [0.15, 0.2) is 0 Å².